The highest BCUT2D eigenvalue weighted by Crippen LogP contribution is 2.34. The molecular weight excluding hydrogens is 377 g/mol. The predicted octanol–water partition coefficient (Wildman–Crippen LogP) is 3.41. The van der Waals surface area contributed by atoms with Crippen molar-refractivity contribution >= 4 is 29.9 Å². The van der Waals surface area contributed by atoms with Crippen LogP contribution >= 0.6 is 24.0 Å². The minimum atomic E-state index is 0. The normalized spacial score (nSPS) is 22.7. The predicted molar refractivity (Wildman–Crippen MR) is 102 cm³/mol. The fourth-order valence-corrected chi connectivity index (χ4v) is 2.64. The van der Waals surface area contributed by atoms with Gasteiger partial charge in [-0.1, -0.05) is 27.2 Å². The first-order valence-electron chi connectivity index (χ1n) is 8.21. The molecule has 1 fully saturated rings. The van der Waals surface area contributed by atoms with Gasteiger partial charge in [0.2, 0.25) is 0 Å². The first-order chi connectivity index (χ1) is 9.62. The Bertz CT molecular complexity index is 297. The van der Waals surface area contributed by atoms with Crippen molar-refractivity contribution in [3.63, 3.8) is 0 Å². The van der Waals surface area contributed by atoms with Crippen LogP contribution in [-0.2, 0) is 4.74 Å². The maximum absolute atomic E-state index is 5.76. The number of hydrogen-bond donors (Lipinski definition) is 2. The van der Waals surface area contributed by atoms with Gasteiger partial charge >= 0.3 is 0 Å². The van der Waals surface area contributed by atoms with E-state index in [9.17, 15) is 0 Å². The molecule has 3 atom stereocenters. The summed E-state index contributed by atoms with van der Waals surface area (Å²) >= 11 is 0. The molecule has 4 nitrogen and oxygen atoms in total. The molecule has 0 spiro atoms. The van der Waals surface area contributed by atoms with Gasteiger partial charge in [0.15, 0.2) is 5.96 Å². The molecule has 3 unspecified atom stereocenters. The third-order valence-corrected chi connectivity index (χ3v) is 3.97. The van der Waals surface area contributed by atoms with Gasteiger partial charge in [-0.05, 0) is 38.0 Å². The third kappa shape index (κ3) is 8.24. The van der Waals surface area contributed by atoms with Crippen LogP contribution in [0, 0.1) is 11.8 Å². The Hall–Kier alpha value is -0.0400. The second-order valence-electron chi connectivity index (χ2n) is 6.06. The SMILES string of the molecule is CCCC1CC1NC(=NC)NCCC(OCC)C(C)C.I. The zero-order valence-electron chi connectivity index (χ0n) is 14.3. The Kier molecular flexibility index (Phi) is 11.5. The van der Waals surface area contributed by atoms with Crippen molar-refractivity contribution in [3.05, 3.63) is 0 Å². The van der Waals surface area contributed by atoms with E-state index >= 15 is 0 Å². The van der Waals surface area contributed by atoms with Crippen LogP contribution in [0.15, 0.2) is 4.99 Å². The molecule has 1 saturated carbocycles. The van der Waals surface area contributed by atoms with Crippen molar-refractivity contribution in [3.8, 4) is 0 Å². The second-order valence-corrected chi connectivity index (χ2v) is 6.06. The molecule has 0 radical (unpaired) electrons. The van der Waals surface area contributed by atoms with Gasteiger partial charge in [-0.15, -0.1) is 24.0 Å². The van der Waals surface area contributed by atoms with E-state index in [1.807, 2.05) is 7.05 Å². The Morgan fingerprint density at radius 1 is 1.33 bits per heavy atom. The lowest BCUT2D eigenvalue weighted by molar-refractivity contribution is 0.0258. The number of halogens is 1. The van der Waals surface area contributed by atoms with Gasteiger partial charge in [0.1, 0.15) is 0 Å². The van der Waals surface area contributed by atoms with Crippen molar-refractivity contribution in [2.75, 3.05) is 20.2 Å². The number of ether oxygens (including phenoxy) is 1. The van der Waals surface area contributed by atoms with Crippen LogP contribution in [0.5, 0.6) is 0 Å². The molecule has 0 saturated heterocycles. The van der Waals surface area contributed by atoms with Crippen molar-refractivity contribution < 1.29 is 4.74 Å². The molecule has 0 bridgehead atoms. The van der Waals surface area contributed by atoms with E-state index in [-0.39, 0.29) is 24.0 Å². The molecule has 1 aliphatic carbocycles. The molecule has 126 valence electrons. The number of nitrogens with zero attached hydrogens (tertiary/aromatic N) is 1. The minimum Gasteiger partial charge on any atom is -0.378 e. The molecule has 1 rings (SSSR count). The van der Waals surface area contributed by atoms with Gasteiger partial charge in [-0.25, -0.2) is 0 Å². The summed E-state index contributed by atoms with van der Waals surface area (Å²) in [5.41, 5.74) is 0. The van der Waals surface area contributed by atoms with E-state index in [2.05, 4.69) is 43.3 Å². The van der Waals surface area contributed by atoms with Crippen LogP contribution in [0.1, 0.15) is 53.4 Å². The average molecular weight is 411 g/mol. The van der Waals surface area contributed by atoms with Crippen LogP contribution in [-0.4, -0.2) is 38.3 Å². The van der Waals surface area contributed by atoms with Crippen LogP contribution in [0.3, 0.4) is 0 Å². The fourth-order valence-electron chi connectivity index (χ4n) is 2.64. The summed E-state index contributed by atoms with van der Waals surface area (Å²) in [4.78, 5) is 4.30. The Morgan fingerprint density at radius 3 is 2.57 bits per heavy atom. The summed E-state index contributed by atoms with van der Waals surface area (Å²) in [7, 11) is 1.84. The highest BCUT2D eigenvalue weighted by Gasteiger charge is 2.36. The standard InChI is InChI=1S/C16H33N3O.HI/c1-6-8-13-11-14(13)19-16(17-5)18-10-9-15(12(3)4)20-7-2;/h12-15H,6-11H2,1-5H3,(H2,17,18,19);1H. The van der Waals surface area contributed by atoms with E-state index in [1.54, 1.807) is 0 Å². The number of rotatable bonds is 9. The van der Waals surface area contributed by atoms with Crippen molar-refractivity contribution in [1.29, 1.82) is 0 Å². The fraction of sp³-hybridized carbons (Fsp3) is 0.938. The molecular formula is C16H34IN3O. The molecule has 21 heavy (non-hydrogen) atoms. The monoisotopic (exact) mass is 411 g/mol. The highest BCUT2D eigenvalue weighted by atomic mass is 127. The topological polar surface area (TPSA) is 45.7 Å². The van der Waals surface area contributed by atoms with Crippen molar-refractivity contribution in [1.82, 2.24) is 10.6 Å². The molecule has 5 heteroatoms. The molecule has 1 aliphatic rings. The van der Waals surface area contributed by atoms with Crippen molar-refractivity contribution in [2.45, 2.75) is 65.5 Å². The average Bonchev–Trinajstić information content (AvgIpc) is 3.14. The lowest BCUT2D eigenvalue weighted by Gasteiger charge is -2.21. The summed E-state index contributed by atoms with van der Waals surface area (Å²) < 4.78 is 5.76. The van der Waals surface area contributed by atoms with E-state index in [4.69, 9.17) is 4.74 Å². The van der Waals surface area contributed by atoms with Gasteiger partial charge in [-0.2, -0.15) is 0 Å². The number of nitrogens with one attached hydrogen (secondary N) is 2. The lowest BCUT2D eigenvalue weighted by atomic mass is 10.0. The maximum Gasteiger partial charge on any atom is 0.191 e. The lowest BCUT2D eigenvalue weighted by Crippen LogP contribution is -2.40. The largest absolute Gasteiger partial charge is 0.378 e. The maximum atomic E-state index is 5.76. The van der Waals surface area contributed by atoms with Crippen molar-refractivity contribution in [2.24, 2.45) is 16.8 Å². The molecule has 0 amide bonds. The second kappa shape index (κ2) is 11.5. The Morgan fingerprint density at radius 2 is 2.05 bits per heavy atom. The van der Waals surface area contributed by atoms with Crippen LogP contribution < -0.4 is 10.6 Å². The summed E-state index contributed by atoms with van der Waals surface area (Å²) in [6.45, 7) is 10.4. The third-order valence-electron chi connectivity index (χ3n) is 3.97. The zero-order valence-corrected chi connectivity index (χ0v) is 16.6. The van der Waals surface area contributed by atoms with E-state index in [1.165, 1.54) is 19.3 Å². The number of aliphatic imine (C=N–C) groups is 1. The van der Waals surface area contributed by atoms with E-state index in [0.29, 0.717) is 18.1 Å². The smallest absolute Gasteiger partial charge is 0.191 e. The van der Waals surface area contributed by atoms with E-state index < -0.39 is 0 Å². The van der Waals surface area contributed by atoms with Gasteiger partial charge in [0, 0.05) is 26.2 Å². The summed E-state index contributed by atoms with van der Waals surface area (Å²) in [5, 5.41) is 6.91. The van der Waals surface area contributed by atoms with Gasteiger partial charge in [-0.3, -0.25) is 4.99 Å². The molecule has 2 N–H and O–H groups in total. The summed E-state index contributed by atoms with van der Waals surface area (Å²) in [6.07, 6.45) is 5.25. The quantitative estimate of drug-likeness (QED) is 0.347. The van der Waals surface area contributed by atoms with Gasteiger partial charge < -0.3 is 15.4 Å². The zero-order chi connectivity index (χ0) is 15.0. The molecule has 0 aromatic heterocycles. The Balaban J connectivity index is 0.00000400. The first-order valence-corrected chi connectivity index (χ1v) is 8.21. The van der Waals surface area contributed by atoms with E-state index in [0.717, 1.165) is 31.4 Å². The highest BCUT2D eigenvalue weighted by molar-refractivity contribution is 14.0. The molecule has 0 aromatic carbocycles. The van der Waals surface area contributed by atoms with Crippen LogP contribution in [0.2, 0.25) is 0 Å². The molecule has 0 aliphatic heterocycles. The number of guanidine groups is 1. The summed E-state index contributed by atoms with van der Waals surface area (Å²) in [6, 6.07) is 0.633. The first kappa shape index (κ1) is 21.0. The van der Waals surface area contributed by atoms with Gasteiger partial charge in [0.25, 0.3) is 0 Å². The number of hydrogen-bond acceptors (Lipinski definition) is 2. The minimum absolute atomic E-state index is 0. The Labute approximate surface area is 147 Å². The van der Waals surface area contributed by atoms with Gasteiger partial charge in [0.05, 0.1) is 6.10 Å². The molecule has 0 aromatic rings. The summed E-state index contributed by atoms with van der Waals surface area (Å²) in [5.74, 6) is 2.35. The molecule has 0 heterocycles. The van der Waals surface area contributed by atoms with Crippen LogP contribution in [0.4, 0.5) is 0 Å². The van der Waals surface area contributed by atoms with Crippen LogP contribution in [0.25, 0.3) is 0 Å².